The van der Waals surface area contributed by atoms with Gasteiger partial charge in [-0.3, -0.25) is 10.2 Å². The first-order valence-electron chi connectivity index (χ1n) is 14.6. The van der Waals surface area contributed by atoms with E-state index < -0.39 is 5.66 Å². The van der Waals surface area contributed by atoms with Crippen molar-refractivity contribution in [3.63, 3.8) is 0 Å². The Morgan fingerprint density at radius 2 is 1.55 bits per heavy atom. The van der Waals surface area contributed by atoms with E-state index in [1.165, 1.54) is 17.9 Å². The summed E-state index contributed by atoms with van der Waals surface area (Å²) in [6, 6.07) is 7.78. The van der Waals surface area contributed by atoms with E-state index in [9.17, 15) is 5.21 Å². The van der Waals surface area contributed by atoms with Crippen LogP contribution in [0.1, 0.15) is 76.2 Å². The highest BCUT2D eigenvalue weighted by Crippen LogP contribution is 2.50. The zero-order valence-corrected chi connectivity index (χ0v) is 22.6. The third-order valence-corrected chi connectivity index (χ3v) is 8.67. The van der Waals surface area contributed by atoms with Crippen molar-refractivity contribution in [3.8, 4) is 0 Å². The molecule has 3 unspecified atom stereocenters. The molecule has 3 atom stereocenters. The SMILES string of the molecule is CC1C(c2ncccn2)=C(N2CCCC2)N(O)C(c2ccccn2)(C2CCCCO2)N1N1CCCCCC1. The fraction of sp³-hybridized carbons (Fsp3) is 0.621. The molecule has 4 aliphatic rings. The Morgan fingerprint density at radius 1 is 0.842 bits per heavy atom. The molecule has 6 rings (SSSR count). The molecule has 2 aromatic rings. The lowest BCUT2D eigenvalue weighted by molar-refractivity contribution is -0.331. The fourth-order valence-electron chi connectivity index (χ4n) is 6.98. The van der Waals surface area contributed by atoms with Crippen molar-refractivity contribution in [1.29, 1.82) is 0 Å². The minimum atomic E-state index is -1.01. The Balaban J connectivity index is 1.62. The van der Waals surface area contributed by atoms with E-state index in [1.54, 1.807) is 12.4 Å². The van der Waals surface area contributed by atoms with Crippen molar-refractivity contribution >= 4 is 5.57 Å². The Labute approximate surface area is 226 Å². The topological polar surface area (TPSA) is 81.1 Å². The van der Waals surface area contributed by atoms with Gasteiger partial charge in [-0.2, -0.15) is 5.01 Å². The number of nitrogens with zero attached hydrogens (tertiary/aromatic N) is 7. The summed E-state index contributed by atoms with van der Waals surface area (Å²) >= 11 is 0. The van der Waals surface area contributed by atoms with Gasteiger partial charge >= 0.3 is 0 Å². The summed E-state index contributed by atoms with van der Waals surface area (Å²) in [5, 5.41) is 19.2. The molecule has 0 aliphatic carbocycles. The maximum atomic E-state index is 12.8. The number of hydroxylamine groups is 2. The molecule has 0 bridgehead atoms. The number of aromatic nitrogens is 3. The number of hydrogen-bond donors (Lipinski definition) is 1. The summed E-state index contributed by atoms with van der Waals surface area (Å²) in [7, 11) is 0. The van der Waals surface area contributed by atoms with Crippen molar-refractivity contribution < 1.29 is 9.94 Å². The van der Waals surface area contributed by atoms with Crippen molar-refractivity contribution in [2.24, 2.45) is 0 Å². The molecule has 9 heteroatoms. The Hall–Kier alpha value is -2.59. The van der Waals surface area contributed by atoms with Crippen LogP contribution in [0.4, 0.5) is 0 Å². The molecule has 0 aromatic carbocycles. The van der Waals surface area contributed by atoms with Gasteiger partial charge in [-0.1, -0.05) is 18.9 Å². The van der Waals surface area contributed by atoms with Crippen LogP contribution in [-0.4, -0.2) is 85.1 Å². The number of likely N-dealkylation sites (tertiary alicyclic amines) is 1. The molecule has 204 valence electrons. The second-order valence-corrected chi connectivity index (χ2v) is 11.0. The largest absolute Gasteiger partial charge is 0.374 e. The van der Waals surface area contributed by atoms with Gasteiger partial charge in [-0.15, -0.1) is 0 Å². The Bertz CT molecular complexity index is 1080. The van der Waals surface area contributed by atoms with Gasteiger partial charge in [-0.25, -0.2) is 20.0 Å². The van der Waals surface area contributed by atoms with Crippen molar-refractivity contribution in [1.82, 2.24) is 34.9 Å². The molecule has 0 spiro atoms. The van der Waals surface area contributed by atoms with Crippen LogP contribution in [0.15, 0.2) is 48.7 Å². The predicted molar refractivity (Wildman–Crippen MR) is 144 cm³/mol. The van der Waals surface area contributed by atoms with Crippen LogP contribution in [0.5, 0.6) is 0 Å². The Kier molecular flexibility index (Phi) is 7.61. The number of rotatable bonds is 5. The summed E-state index contributed by atoms with van der Waals surface area (Å²) in [6.07, 6.45) is 15.0. The van der Waals surface area contributed by atoms with Crippen molar-refractivity contribution in [2.45, 2.75) is 82.5 Å². The summed E-state index contributed by atoms with van der Waals surface area (Å²) in [4.78, 5) is 16.7. The average molecular weight is 520 g/mol. The standard InChI is InChI=1S/C29H41N7O2/c1-23-26(27-31-16-12-17-32-27)28(33-18-9-10-19-33)36(37)29(24-13-4-6-15-30-24,25-14-5-11-22-38-25)35(23)34-20-7-2-3-8-21-34/h4,6,12-13,15-17,23,25,37H,2-3,5,7-11,14,18-22H2,1H3. The molecule has 6 heterocycles. The second kappa shape index (κ2) is 11.3. The van der Waals surface area contributed by atoms with E-state index in [0.717, 1.165) is 88.2 Å². The predicted octanol–water partition coefficient (Wildman–Crippen LogP) is 4.24. The number of ether oxygens (including phenoxy) is 1. The quantitative estimate of drug-likeness (QED) is 0.624. The zero-order chi connectivity index (χ0) is 26.0. The highest BCUT2D eigenvalue weighted by atomic mass is 16.5. The third kappa shape index (κ3) is 4.39. The number of hydrazine groups is 1. The van der Waals surface area contributed by atoms with Crippen LogP contribution in [0.2, 0.25) is 0 Å². The minimum Gasteiger partial charge on any atom is -0.374 e. The highest BCUT2D eigenvalue weighted by molar-refractivity contribution is 5.68. The van der Waals surface area contributed by atoms with Gasteiger partial charge in [0, 0.05) is 51.4 Å². The lowest BCUT2D eigenvalue weighted by atomic mass is 9.85. The van der Waals surface area contributed by atoms with Gasteiger partial charge in [-0.05, 0) is 70.1 Å². The second-order valence-electron chi connectivity index (χ2n) is 11.0. The highest BCUT2D eigenvalue weighted by Gasteiger charge is 2.61. The molecule has 2 aromatic heterocycles. The van der Waals surface area contributed by atoms with Gasteiger partial charge in [0.2, 0.25) is 5.66 Å². The van der Waals surface area contributed by atoms with Crippen LogP contribution in [0.3, 0.4) is 0 Å². The molecule has 3 saturated heterocycles. The van der Waals surface area contributed by atoms with Crippen LogP contribution in [-0.2, 0) is 10.4 Å². The van der Waals surface area contributed by atoms with E-state index in [2.05, 4.69) is 27.9 Å². The number of hydrogen-bond acceptors (Lipinski definition) is 9. The zero-order valence-electron chi connectivity index (χ0n) is 22.6. The van der Waals surface area contributed by atoms with E-state index >= 15 is 0 Å². The van der Waals surface area contributed by atoms with Gasteiger partial charge in [0.15, 0.2) is 5.82 Å². The maximum absolute atomic E-state index is 12.8. The van der Waals surface area contributed by atoms with Gasteiger partial charge in [0.1, 0.15) is 11.9 Å². The summed E-state index contributed by atoms with van der Waals surface area (Å²) in [5.41, 5.74) is 0.763. The monoisotopic (exact) mass is 519 g/mol. The van der Waals surface area contributed by atoms with Crippen LogP contribution >= 0.6 is 0 Å². The van der Waals surface area contributed by atoms with Gasteiger partial charge in [0.25, 0.3) is 0 Å². The molecule has 9 nitrogen and oxygen atoms in total. The maximum Gasteiger partial charge on any atom is 0.202 e. The molecule has 0 amide bonds. The third-order valence-electron chi connectivity index (χ3n) is 8.67. The minimum absolute atomic E-state index is 0.109. The molecule has 1 N–H and O–H groups in total. The lowest BCUT2D eigenvalue weighted by Crippen LogP contribution is -2.74. The van der Waals surface area contributed by atoms with E-state index in [1.807, 2.05) is 24.4 Å². The first kappa shape index (κ1) is 25.7. The first-order chi connectivity index (χ1) is 18.7. The smallest absolute Gasteiger partial charge is 0.202 e. The fourth-order valence-corrected chi connectivity index (χ4v) is 6.98. The van der Waals surface area contributed by atoms with E-state index in [4.69, 9.17) is 19.7 Å². The summed E-state index contributed by atoms with van der Waals surface area (Å²) in [5.74, 6) is 1.46. The molecule has 38 heavy (non-hydrogen) atoms. The van der Waals surface area contributed by atoms with E-state index in [-0.39, 0.29) is 12.1 Å². The van der Waals surface area contributed by atoms with E-state index in [0.29, 0.717) is 12.4 Å². The van der Waals surface area contributed by atoms with Crippen LogP contribution < -0.4 is 0 Å². The molecular formula is C29H41N7O2. The normalized spacial score (nSPS) is 30.1. The number of pyridine rings is 1. The van der Waals surface area contributed by atoms with Crippen LogP contribution in [0, 0.1) is 0 Å². The van der Waals surface area contributed by atoms with Crippen molar-refractivity contribution in [2.75, 3.05) is 32.8 Å². The molecule has 0 radical (unpaired) electrons. The molecule has 0 saturated carbocycles. The summed E-state index contributed by atoms with van der Waals surface area (Å²) in [6.45, 7) is 6.59. The summed E-state index contributed by atoms with van der Waals surface area (Å²) < 4.78 is 6.62. The van der Waals surface area contributed by atoms with Crippen LogP contribution in [0.25, 0.3) is 5.57 Å². The molecular weight excluding hydrogens is 478 g/mol. The lowest BCUT2D eigenvalue weighted by Gasteiger charge is -2.61. The molecule has 3 fully saturated rings. The first-order valence-corrected chi connectivity index (χ1v) is 14.6. The van der Waals surface area contributed by atoms with Gasteiger partial charge in [0.05, 0.1) is 17.3 Å². The van der Waals surface area contributed by atoms with Crippen molar-refractivity contribution in [3.05, 3.63) is 60.2 Å². The molecule has 4 aliphatic heterocycles. The average Bonchev–Trinajstić information content (AvgIpc) is 3.37. The Morgan fingerprint density at radius 3 is 2.21 bits per heavy atom. The van der Waals surface area contributed by atoms with Gasteiger partial charge < -0.3 is 9.64 Å².